The number of amides is 1. The zero-order chi connectivity index (χ0) is 20.5. The first-order valence-electron chi connectivity index (χ1n) is 9.56. The monoisotopic (exact) mass is 392 g/mol. The van der Waals surface area contributed by atoms with Gasteiger partial charge in [-0.1, -0.05) is 25.3 Å². The fraction of sp³-hybridized carbons (Fsp3) is 0.550. The van der Waals surface area contributed by atoms with Crippen molar-refractivity contribution in [1.29, 1.82) is 0 Å². The number of benzene rings is 1. The lowest BCUT2D eigenvalue weighted by atomic mass is 9.94. The summed E-state index contributed by atoms with van der Waals surface area (Å²) in [5.74, 6) is -2.78. The lowest BCUT2D eigenvalue weighted by molar-refractivity contribution is -0.159. The Hall–Kier alpha value is -2.61. The second-order valence-corrected chi connectivity index (χ2v) is 6.96. The lowest BCUT2D eigenvalue weighted by Crippen LogP contribution is -2.52. The van der Waals surface area contributed by atoms with E-state index < -0.39 is 11.9 Å². The van der Waals surface area contributed by atoms with Gasteiger partial charge < -0.3 is 19.8 Å². The first kappa shape index (κ1) is 21.7. The van der Waals surface area contributed by atoms with Gasteiger partial charge in [-0.05, 0) is 31.0 Å². The molecule has 28 heavy (non-hydrogen) atoms. The van der Waals surface area contributed by atoms with E-state index in [9.17, 15) is 4.79 Å². The van der Waals surface area contributed by atoms with E-state index in [-0.39, 0.29) is 5.91 Å². The number of methoxy groups -OCH3 is 1. The highest BCUT2D eigenvalue weighted by atomic mass is 16.5. The minimum atomic E-state index is -1.82. The van der Waals surface area contributed by atoms with E-state index in [0.717, 1.165) is 43.5 Å². The molecule has 1 aromatic rings. The third-order valence-corrected chi connectivity index (χ3v) is 5.19. The maximum Gasteiger partial charge on any atom is 0.414 e. The molecule has 8 heteroatoms. The normalized spacial score (nSPS) is 18.0. The number of carbonyl (C=O) groups is 3. The summed E-state index contributed by atoms with van der Waals surface area (Å²) >= 11 is 0. The Morgan fingerprint density at radius 1 is 0.964 bits per heavy atom. The predicted octanol–water partition coefficient (Wildman–Crippen LogP) is 1.94. The molecular formula is C20H28N2O6. The molecule has 2 fully saturated rings. The number of rotatable bonds is 3. The Bertz CT molecular complexity index is 667. The van der Waals surface area contributed by atoms with Crippen LogP contribution < -0.4 is 4.74 Å². The van der Waals surface area contributed by atoms with Crippen LogP contribution in [0.15, 0.2) is 24.3 Å². The van der Waals surface area contributed by atoms with E-state index in [1.807, 2.05) is 29.2 Å². The van der Waals surface area contributed by atoms with Gasteiger partial charge in [0.15, 0.2) is 0 Å². The van der Waals surface area contributed by atoms with Crippen molar-refractivity contribution in [3.63, 3.8) is 0 Å². The van der Waals surface area contributed by atoms with Crippen molar-refractivity contribution < 1.29 is 29.3 Å². The van der Waals surface area contributed by atoms with Crippen LogP contribution in [0.25, 0.3) is 0 Å². The van der Waals surface area contributed by atoms with Crippen LogP contribution in [0.1, 0.15) is 42.5 Å². The summed E-state index contributed by atoms with van der Waals surface area (Å²) in [5, 5.41) is 14.8. The van der Waals surface area contributed by atoms with E-state index in [2.05, 4.69) is 4.90 Å². The van der Waals surface area contributed by atoms with Gasteiger partial charge in [0, 0.05) is 37.8 Å². The molecule has 0 spiro atoms. The van der Waals surface area contributed by atoms with Crippen molar-refractivity contribution >= 4 is 17.8 Å². The summed E-state index contributed by atoms with van der Waals surface area (Å²) in [7, 11) is 1.63. The fourth-order valence-electron chi connectivity index (χ4n) is 3.68. The number of nitrogens with zero attached hydrogens (tertiary/aromatic N) is 2. The molecule has 0 bridgehead atoms. The van der Waals surface area contributed by atoms with Crippen molar-refractivity contribution in [2.75, 3.05) is 33.3 Å². The van der Waals surface area contributed by atoms with E-state index in [1.165, 1.54) is 32.1 Å². The largest absolute Gasteiger partial charge is 0.497 e. The van der Waals surface area contributed by atoms with Crippen molar-refractivity contribution in [3.8, 4) is 5.75 Å². The molecule has 1 saturated heterocycles. The highest BCUT2D eigenvalue weighted by Gasteiger charge is 2.27. The summed E-state index contributed by atoms with van der Waals surface area (Å²) in [6.45, 7) is 3.71. The quantitative estimate of drug-likeness (QED) is 0.757. The van der Waals surface area contributed by atoms with Gasteiger partial charge in [-0.3, -0.25) is 9.69 Å². The average molecular weight is 392 g/mol. The molecule has 1 aliphatic carbocycles. The number of aliphatic carboxylic acids is 2. The number of piperazine rings is 1. The minimum absolute atomic E-state index is 0.127. The van der Waals surface area contributed by atoms with Crippen LogP contribution in [-0.2, 0) is 9.59 Å². The second kappa shape index (κ2) is 10.7. The summed E-state index contributed by atoms with van der Waals surface area (Å²) in [5.41, 5.74) is 0.727. The number of carbonyl (C=O) groups excluding carboxylic acids is 1. The Morgan fingerprint density at radius 3 is 2.11 bits per heavy atom. The standard InChI is InChI=1S/C18H26N2O2.C2H2O4/c1-22-17-9-5-6-15(14-17)18(21)20-12-10-19(11-13-20)16-7-3-2-4-8-16;3-1(4)2(5)6/h5-6,9,14,16H,2-4,7-8,10-13H2,1H3;(H,3,4)(H,5,6). The van der Waals surface area contributed by atoms with Crippen LogP contribution in [-0.4, -0.2) is 77.2 Å². The van der Waals surface area contributed by atoms with Gasteiger partial charge in [0.2, 0.25) is 0 Å². The molecule has 0 atom stereocenters. The van der Waals surface area contributed by atoms with Crippen LogP contribution in [0, 0.1) is 0 Å². The first-order chi connectivity index (χ1) is 13.4. The summed E-state index contributed by atoms with van der Waals surface area (Å²) < 4.78 is 5.21. The zero-order valence-corrected chi connectivity index (χ0v) is 16.2. The predicted molar refractivity (Wildman–Crippen MR) is 103 cm³/mol. The average Bonchev–Trinajstić information content (AvgIpc) is 2.74. The molecule has 2 N–H and O–H groups in total. The van der Waals surface area contributed by atoms with Crippen molar-refractivity contribution in [2.45, 2.75) is 38.1 Å². The number of ether oxygens (including phenoxy) is 1. The Balaban J connectivity index is 0.000000409. The molecule has 1 aromatic carbocycles. The van der Waals surface area contributed by atoms with E-state index in [0.29, 0.717) is 0 Å². The summed E-state index contributed by atoms with van der Waals surface area (Å²) in [4.78, 5) is 35.4. The molecule has 0 aromatic heterocycles. The van der Waals surface area contributed by atoms with E-state index in [1.54, 1.807) is 7.11 Å². The van der Waals surface area contributed by atoms with Crippen molar-refractivity contribution in [1.82, 2.24) is 9.80 Å². The Kier molecular flexibility index (Phi) is 8.25. The number of hydrogen-bond donors (Lipinski definition) is 2. The number of hydrogen-bond acceptors (Lipinski definition) is 5. The maximum absolute atomic E-state index is 12.6. The highest BCUT2D eigenvalue weighted by Crippen LogP contribution is 2.24. The maximum atomic E-state index is 12.6. The minimum Gasteiger partial charge on any atom is -0.497 e. The Labute approximate surface area is 164 Å². The number of carboxylic acids is 2. The molecule has 1 heterocycles. The van der Waals surface area contributed by atoms with Gasteiger partial charge in [-0.15, -0.1) is 0 Å². The SMILES string of the molecule is COc1cccc(C(=O)N2CCN(C3CCCCC3)CC2)c1.O=C(O)C(=O)O. The zero-order valence-electron chi connectivity index (χ0n) is 16.2. The molecule has 0 radical (unpaired) electrons. The van der Waals surface area contributed by atoms with Gasteiger partial charge in [0.1, 0.15) is 5.75 Å². The summed E-state index contributed by atoms with van der Waals surface area (Å²) in [6, 6.07) is 8.21. The molecule has 1 saturated carbocycles. The Morgan fingerprint density at radius 2 is 1.57 bits per heavy atom. The van der Waals surface area contributed by atoms with Crippen LogP contribution >= 0.6 is 0 Å². The fourth-order valence-corrected chi connectivity index (χ4v) is 3.68. The molecular weight excluding hydrogens is 364 g/mol. The third kappa shape index (κ3) is 6.23. The smallest absolute Gasteiger partial charge is 0.414 e. The van der Waals surface area contributed by atoms with Gasteiger partial charge in [-0.2, -0.15) is 0 Å². The van der Waals surface area contributed by atoms with Crippen LogP contribution in [0.3, 0.4) is 0 Å². The van der Waals surface area contributed by atoms with Gasteiger partial charge >= 0.3 is 11.9 Å². The molecule has 1 aliphatic heterocycles. The molecule has 0 unspecified atom stereocenters. The van der Waals surface area contributed by atoms with E-state index >= 15 is 0 Å². The van der Waals surface area contributed by atoms with Crippen molar-refractivity contribution in [2.24, 2.45) is 0 Å². The molecule has 8 nitrogen and oxygen atoms in total. The topological polar surface area (TPSA) is 107 Å². The van der Waals surface area contributed by atoms with Crippen LogP contribution in [0.4, 0.5) is 0 Å². The van der Waals surface area contributed by atoms with E-state index in [4.69, 9.17) is 24.5 Å². The third-order valence-electron chi connectivity index (χ3n) is 5.19. The van der Waals surface area contributed by atoms with Crippen LogP contribution in [0.5, 0.6) is 5.75 Å². The van der Waals surface area contributed by atoms with Crippen LogP contribution in [0.2, 0.25) is 0 Å². The van der Waals surface area contributed by atoms with Gasteiger partial charge in [-0.25, -0.2) is 9.59 Å². The molecule has 154 valence electrons. The number of carboxylic acid groups (broad SMARTS) is 2. The molecule has 3 rings (SSSR count). The lowest BCUT2D eigenvalue weighted by Gasteiger charge is -2.40. The molecule has 2 aliphatic rings. The highest BCUT2D eigenvalue weighted by molar-refractivity contribution is 6.27. The van der Waals surface area contributed by atoms with Gasteiger partial charge in [0.25, 0.3) is 5.91 Å². The van der Waals surface area contributed by atoms with Crippen molar-refractivity contribution in [3.05, 3.63) is 29.8 Å². The second-order valence-electron chi connectivity index (χ2n) is 6.96. The summed E-state index contributed by atoms with van der Waals surface area (Å²) in [6.07, 6.45) is 6.81. The molecule has 1 amide bonds. The first-order valence-corrected chi connectivity index (χ1v) is 9.56. The van der Waals surface area contributed by atoms with Gasteiger partial charge in [0.05, 0.1) is 7.11 Å².